The van der Waals surface area contributed by atoms with E-state index < -0.39 is 0 Å². The lowest BCUT2D eigenvalue weighted by molar-refractivity contribution is 0.415. The molecule has 0 aromatic heterocycles. The van der Waals surface area contributed by atoms with Crippen LogP contribution in [0.25, 0.3) is 11.1 Å². The molecule has 0 saturated carbocycles. The Kier molecular flexibility index (Phi) is 3.64. The Morgan fingerprint density at radius 2 is 1.94 bits per heavy atom. The molecule has 0 spiro atoms. The lowest BCUT2D eigenvalue weighted by atomic mass is 10.00. The number of hydrogen-bond donors (Lipinski definition) is 0. The highest BCUT2D eigenvalue weighted by atomic mass is 16.5. The average Bonchev–Trinajstić information content (AvgIpc) is 2.46. The van der Waals surface area contributed by atoms with Crippen LogP contribution < -0.4 is 4.74 Å². The van der Waals surface area contributed by atoms with E-state index in [-0.39, 0.29) is 0 Å². The summed E-state index contributed by atoms with van der Waals surface area (Å²) in [7, 11) is 1.61. The number of aryl methyl sites for hydroxylation is 1. The van der Waals surface area contributed by atoms with E-state index in [4.69, 9.17) is 10.00 Å². The van der Waals surface area contributed by atoms with Gasteiger partial charge >= 0.3 is 0 Å². The van der Waals surface area contributed by atoms with E-state index in [1.807, 2.05) is 18.2 Å². The minimum atomic E-state index is 0.617. The van der Waals surface area contributed by atoms with Crippen LogP contribution in [0.2, 0.25) is 0 Å². The quantitative estimate of drug-likeness (QED) is 0.813. The van der Waals surface area contributed by atoms with Crippen molar-refractivity contribution in [3.8, 4) is 22.9 Å². The second-order valence-electron chi connectivity index (χ2n) is 4.12. The van der Waals surface area contributed by atoms with Crippen molar-refractivity contribution in [2.75, 3.05) is 7.11 Å². The van der Waals surface area contributed by atoms with Gasteiger partial charge in [-0.1, -0.05) is 31.2 Å². The molecule has 0 heterocycles. The van der Waals surface area contributed by atoms with Crippen LogP contribution in [0.4, 0.5) is 0 Å². The number of nitriles is 1. The van der Waals surface area contributed by atoms with E-state index in [9.17, 15) is 0 Å². The van der Waals surface area contributed by atoms with Crippen molar-refractivity contribution in [3.63, 3.8) is 0 Å². The largest absolute Gasteiger partial charge is 0.497 e. The summed E-state index contributed by atoms with van der Waals surface area (Å²) in [5.41, 5.74) is 4.03. The number of hydrogen-bond acceptors (Lipinski definition) is 2. The maximum absolute atomic E-state index is 9.02. The van der Waals surface area contributed by atoms with Crippen LogP contribution >= 0.6 is 0 Å². The minimum Gasteiger partial charge on any atom is -0.497 e. The third kappa shape index (κ3) is 2.52. The topological polar surface area (TPSA) is 33.0 Å². The first kappa shape index (κ1) is 12.2. The van der Waals surface area contributed by atoms with Crippen molar-refractivity contribution < 1.29 is 4.74 Å². The van der Waals surface area contributed by atoms with Crippen LogP contribution in [0.5, 0.6) is 5.75 Å². The molecule has 0 unspecified atom stereocenters. The summed E-state index contributed by atoms with van der Waals surface area (Å²) < 4.78 is 5.22. The second kappa shape index (κ2) is 5.37. The minimum absolute atomic E-state index is 0.617. The van der Waals surface area contributed by atoms with Gasteiger partial charge in [0.2, 0.25) is 0 Å². The maximum atomic E-state index is 9.02. The summed E-state index contributed by atoms with van der Waals surface area (Å²) in [6, 6.07) is 16.1. The van der Waals surface area contributed by atoms with Gasteiger partial charge in [0.1, 0.15) is 5.75 Å². The lowest BCUT2D eigenvalue weighted by Crippen LogP contribution is -1.88. The van der Waals surface area contributed by atoms with E-state index in [1.165, 1.54) is 5.56 Å². The first-order valence-corrected chi connectivity index (χ1v) is 5.95. The van der Waals surface area contributed by atoms with Gasteiger partial charge in [-0.25, -0.2) is 0 Å². The zero-order chi connectivity index (χ0) is 13.0. The highest BCUT2D eigenvalue weighted by Crippen LogP contribution is 2.26. The zero-order valence-corrected chi connectivity index (χ0v) is 10.6. The molecule has 0 aliphatic heterocycles. The fraction of sp³-hybridized carbons (Fsp3) is 0.188. The summed E-state index contributed by atoms with van der Waals surface area (Å²) in [5, 5.41) is 9.02. The maximum Gasteiger partial charge on any atom is 0.120 e. The normalized spacial score (nSPS) is 9.83. The molecule has 2 aromatic carbocycles. The molecule has 2 aromatic rings. The Hall–Kier alpha value is -2.27. The number of nitrogens with zero attached hydrogens (tertiary/aromatic N) is 1. The molecule has 18 heavy (non-hydrogen) atoms. The van der Waals surface area contributed by atoms with Gasteiger partial charge in [0.25, 0.3) is 0 Å². The molecule has 2 heteroatoms. The van der Waals surface area contributed by atoms with E-state index in [1.54, 1.807) is 13.2 Å². The molecule has 0 N–H and O–H groups in total. The Morgan fingerprint density at radius 3 is 2.61 bits per heavy atom. The molecule has 2 rings (SSSR count). The summed E-state index contributed by atoms with van der Waals surface area (Å²) >= 11 is 0. The second-order valence-corrected chi connectivity index (χ2v) is 4.12. The van der Waals surface area contributed by atoms with Crippen LogP contribution in [-0.2, 0) is 6.42 Å². The molecule has 0 aliphatic rings. The van der Waals surface area contributed by atoms with Gasteiger partial charge in [-0.3, -0.25) is 0 Å². The van der Waals surface area contributed by atoms with Crippen LogP contribution in [0, 0.1) is 11.3 Å². The molecule has 90 valence electrons. The lowest BCUT2D eigenvalue weighted by Gasteiger charge is -2.07. The Labute approximate surface area is 107 Å². The van der Waals surface area contributed by atoms with Crippen molar-refractivity contribution >= 4 is 0 Å². The fourth-order valence-corrected chi connectivity index (χ4v) is 1.92. The van der Waals surface area contributed by atoms with E-state index in [0.29, 0.717) is 11.3 Å². The first-order chi connectivity index (χ1) is 8.76. The van der Waals surface area contributed by atoms with Gasteiger partial charge in [-0.2, -0.15) is 5.26 Å². The van der Waals surface area contributed by atoms with E-state index >= 15 is 0 Å². The van der Waals surface area contributed by atoms with Crippen molar-refractivity contribution in [2.45, 2.75) is 13.3 Å². The molecule has 0 bridgehead atoms. The Balaban J connectivity index is 2.52. The predicted octanol–water partition coefficient (Wildman–Crippen LogP) is 3.80. The standard InChI is InChI=1S/C16H15NO/c1-3-12-5-4-6-14(7-12)15-8-13(11-17)9-16(10-15)18-2/h4-10H,3H2,1-2H3. The van der Waals surface area contributed by atoms with Crippen molar-refractivity contribution in [2.24, 2.45) is 0 Å². The molecule has 0 atom stereocenters. The van der Waals surface area contributed by atoms with Gasteiger partial charge in [0, 0.05) is 0 Å². The van der Waals surface area contributed by atoms with Crippen molar-refractivity contribution in [1.82, 2.24) is 0 Å². The SMILES string of the molecule is CCc1cccc(-c2cc(C#N)cc(OC)c2)c1. The van der Waals surface area contributed by atoms with Crippen LogP contribution in [0.15, 0.2) is 42.5 Å². The molecule has 0 amide bonds. The summed E-state index contributed by atoms with van der Waals surface area (Å²) in [4.78, 5) is 0. The Morgan fingerprint density at radius 1 is 1.11 bits per heavy atom. The van der Waals surface area contributed by atoms with E-state index in [0.717, 1.165) is 17.5 Å². The number of ether oxygens (including phenoxy) is 1. The highest BCUT2D eigenvalue weighted by Gasteiger charge is 2.04. The van der Waals surface area contributed by atoms with Crippen molar-refractivity contribution in [3.05, 3.63) is 53.6 Å². The van der Waals surface area contributed by atoms with Crippen LogP contribution in [-0.4, -0.2) is 7.11 Å². The van der Waals surface area contributed by atoms with E-state index in [2.05, 4.69) is 31.2 Å². The van der Waals surface area contributed by atoms with Crippen LogP contribution in [0.1, 0.15) is 18.1 Å². The number of rotatable bonds is 3. The molecule has 0 aliphatic carbocycles. The fourth-order valence-electron chi connectivity index (χ4n) is 1.92. The van der Waals surface area contributed by atoms with Crippen LogP contribution in [0.3, 0.4) is 0 Å². The number of benzene rings is 2. The highest BCUT2D eigenvalue weighted by molar-refractivity contribution is 5.68. The van der Waals surface area contributed by atoms with Crippen molar-refractivity contribution in [1.29, 1.82) is 5.26 Å². The third-order valence-corrected chi connectivity index (χ3v) is 2.94. The van der Waals surface area contributed by atoms with Gasteiger partial charge in [-0.15, -0.1) is 0 Å². The molecule has 2 nitrogen and oxygen atoms in total. The smallest absolute Gasteiger partial charge is 0.120 e. The summed E-state index contributed by atoms with van der Waals surface area (Å²) in [6.07, 6.45) is 1.00. The molecule has 0 radical (unpaired) electrons. The molecule has 0 saturated heterocycles. The zero-order valence-electron chi connectivity index (χ0n) is 10.6. The Bertz CT molecular complexity index is 596. The molecular weight excluding hydrogens is 222 g/mol. The summed E-state index contributed by atoms with van der Waals surface area (Å²) in [6.45, 7) is 2.13. The summed E-state index contributed by atoms with van der Waals surface area (Å²) in [5.74, 6) is 0.714. The third-order valence-electron chi connectivity index (χ3n) is 2.94. The molecule has 0 fully saturated rings. The first-order valence-electron chi connectivity index (χ1n) is 5.95. The van der Waals surface area contributed by atoms with Gasteiger partial charge in [-0.05, 0) is 41.3 Å². The monoisotopic (exact) mass is 237 g/mol. The van der Waals surface area contributed by atoms with Gasteiger partial charge < -0.3 is 4.74 Å². The predicted molar refractivity (Wildman–Crippen MR) is 72.5 cm³/mol. The van der Waals surface area contributed by atoms with Gasteiger partial charge in [0.15, 0.2) is 0 Å². The average molecular weight is 237 g/mol. The molecular formula is C16H15NO. The van der Waals surface area contributed by atoms with Gasteiger partial charge in [0.05, 0.1) is 18.7 Å². The number of methoxy groups -OCH3 is 1.